The summed E-state index contributed by atoms with van der Waals surface area (Å²) in [6.07, 6.45) is 1.73. The Morgan fingerprint density at radius 2 is 1.65 bits per heavy atom. The number of hydrogen-bond donors (Lipinski definition) is 2. The van der Waals surface area contributed by atoms with Crippen molar-refractivity contribution >= 4 is 29.9 Å². The van der Waals surface area contributed by atoms with E-state index < -0.39 is 0 Å². The van der Waals surface area contributed by atoms with Gasteiger partial charge in [-0.3, -0.25) is 0 Å². The van der Waals surface area contributed by atoms with Crippen molar-refractivity contribution in [2.75, 3.05) is 19.7 Å². The molecule has 0 amide bonds. The van der Waals surface area contributed by atoms with Crippen LogP contribution in [0.1, 0.15) is 26.3 Å². The summed E-state index contributed by atoms with van der Waals surface area (Å²) < 4.78 is 11.2. The van der Waals surface area contributed by atoms with E-state index in [1.807, 2.05) is 57.2 Å². The summed E-state index contributed by atoms with van der Waals surface area (Å²) >= 11 is 0. The Morgan fingerprint density at radius 3 is 2.27 bits per heavy atom. The first-order valence-electron chi connectivity index (χ1n) is 8.63. The largest absolute Gasteiger partial charge is 0.494 e. The summed E-state index contributed by atoms with van der Waals surface area (Å²) in [5, 5.41) is 6.41. The van der Waals surface area contributed by atoms with Gasteiger partial charge in [-0.05, 0) is 56.7 Å². The molecule has 2 rings (SSSR count). The van der Waals surface area contributed by atoms with Crippen molar-refractivity contribution in [1.82, 2.24) is 15.6 Å². The van der Waals surface area contributed by atoms with Crippen LogP contribution >= 0.6 is 24.0 Å². The number of hydrogen-bond acceptors (Lipinski definition) is 4. The molecule has 142 valence electrons. The van der Waals surface area contributed by atoms with Gasteiger partial charge in [0.1, 0.15) is 11.5 Å². The lowest BCUT2D eigenvalue weighted by molar-refractivity contribution is 0.339. The van der Waals surface area contributed by atoms with Gasteiger partial charge in [0.15, 0.2) is 5.96 Å². The SMILES string of the molecule is CCNC(=NCc1ccnc(Oc2ccc(OCC)cc2)c1)NCC.I. The van der Waals surface area contributed by atoms with E-state index in [1.165, 1.54) is 0 Å². The number of ether oxygens (including phenoxy) is 2. The zero-order chi connectivity index (χ0) is 17.9. The summed E-state index contributed by atoms with van der Waals surface area (Å²) in [4.78, 5) is 8.81. The predicted molar refractivity (Wildman–Crippen MR) is 116 cm³/mol. The molecule has 0 radical (unpaired) electrons. The highest BCUT2D eigenvalue weighted by molar-refractivity contribution is 14.0. The molecule has 0 bridgehead atoms. The average molecular weight is 470 g/mol. The standard InChI is InChI=1S/C19H26N4O2.HI/c1-4-20-19(21-5-2)23-14-15-11-12-22-18(13-15)25-17-9-7-16(8-10-17)24-6-3;/h7-13H,4-6,14H2,1-3H3,(H2,20,21,23);1H. The molecule has 7 heteroatoms. The number of nitrogens with one attached hydrogen (secondary N) is 2. The fourth-order valence-corrected chi connectivity index (χ4v) is 2.18. The Kier molecular flexibility index (Phi) is 10.5. The lowest BCUT2D eigenvalue weighted by Crippen LogP contribution is -2.36. The van der Waals surface area contributed by atoms with Crippen LogP contribution in [0.5, 0.6) is 17.4 Å². The molecule has 6 nitrogen and oxygen atoms in total. The summed E-state index contributed by atoms with van der Waals surface area (Å²) in [5.74, 6) is 2.89. The normalized spacial score (nSPS) is 9.65. The lowest BCUT2D eigenvalue weighted by Gasteiger charge is -2.10. The summed E-state index contributed by atoms with van der Waals surface area (Å²) in [6, 6.07) is 11.3. The molecule has 0 spiro atoms. The minimum atomic E-state index is 0. The van der Waals surface area contributed by atoms with Gasteiger partial charge >= 0.3 is 0 Å². The van der Waals surface area contributed by atoms with E-state index in [0.29, 0.717) is 19.0 Å². The minimum Gasteiger partial charge on any atom is -0.494 e. The molecule has 0 saturated carbocycles. The van der Waals surface area contributed by atoms with E-state index >= 15 is 0 Å². The van der Waals surface area contributed by atoms with Gasteiger partial charge < -0.3 is 20.1 Å². The topological polar surface area (TPSA) is 67.8 Å². The van der Waals surface area contributed by atoms with Crippen LogP contribution in [0, 0.1) is 0 Å². The molecule has 0 fully saturated rings. The number of benzene rings is 1. The van der Waals surface area contributed by atoms with Crippen LogP contribution in [-0.2, 0) is 6.54 Å². The van der Waals surface area contributed by atoms with E-state index in [1.54, 1.807) is 6.20 Å². The Labute approximate surface area is 172 Å². The molecule has 0 aliphatic carbocycles. The lowest BCUT2D eigenvalue weighted by atomic mass is 10.2. The average Bonchev–Trinajstić information content (AvgIpc) is 2.62. The predicted octanol–water partition coefficient (Wildman–Crippen LogP) is 3.97. The van der Waals surface area contributed by atoms with Gasteiger partial charge in [0.25, 0.3) is 0 Å². The number of aliphatic imine (C=N–C) groups is 1. The first-order chi connectivity index (χ1) is 12.2. The molecule has 0 aliphatic heterocycles. The third-order valence-corrected chi connectivity index (χ3v) is 3.26. The first-order valence-corrected chi connectivity index (χ1v) is 8.63. The van der Waals surface area contributed by atoms with Crippen molar-refractivity contribution in [3.63, 3.8) is 0 Å². The van der Waals surface area contributed by atoms with Crippen molar-refractivity contribution < 1.29 is 9.47 Å². The number of rotatable bonds is 8. The van der Waals surface area contributed by atoms with Crippen LogP contribution in [0.3, 0.4) is 0 Å². The number of aromatic nitrogens is 1. The van der Waals surface area contributed by atoms with Gasteiger partial charge in [0, 0.05) is 25.4 Å². The second kappa shape index (κ2) is 12.3. The van der Waals surface area contributed by atoms with E-state index in [4.69, 9.17) is 9.47 Å². The Morgan fingerprint density at radius 1 is 1.00 bits per heavy atom. The molecule has 1 aromatic heterocycles. The van der Waals surface area contributed by atoms with Crippen LogP contribution in [-0.4, -0.2) is 30.6 Å². The van der Waals surface area contributed by atoms with Crippen molar-refractivity contribution in [3.05, 3.63) is 48.2 Å². The number of halogens is 1. The Bertz CT molecular complexity index is 669. The fraction of sp³-hybridized carbons (Fsp3) is 0.368. The number of pyridine rings is 1. The molecular formula is C19H27IN4O2. The Hall–Kier alpha value is -2.03. The highest BCUT2D eigenvalue weighted by atomic mass is 127. The maximum absolute atomic E-state index is 5.81. The first kappa shape index (κ1) is 22.0. The number of guanidine groups is 1. The fourth-order valence-electron chi connectivity index (χ4n) is 2.18. The molecule has 0 saturated heterocycles. The molecule has 1 aromatic carbocycles. The smallest absolute Gasteiger partial charge is 0.219 e. The number of nitrogens with zero attached hydrogens (tertiary/aromatic N) is 2. The van der Waals surface area contributed by atoms with Crippen molar-refractivity contribution in [3.8, 4) is 17.4 Å². The summed E-state index contributed by atoms with van der Waals surface area (Å²) in [6.45, 7) is 8.90. The molecule has 1 heterocycles. The quantitative estimate of drug-likeness (QED) is 0.347. The second-order valence-corrected chi connectivity index (χ2v) is 5.23. The molecule has 2 N–H and O–H groups in total. The highest BCUT2D eigenvalue weighted by Crippen LogP contribution is 2.23. The van der Waals surface area contributed by atoms with E-state index in [9.17, 15) is 0 Å². The summed E-state index contributed by atoms with van der Waals surface area (Å²) in [5.41, 5.74) is 1.03. The third kappa shape index (κ3) is 7.47. The zero-order valence-electron chi connectivity index (χ0n) is 15.5. The van der Waals surface area contributed by atoms with Crippen LogP contribution in [0.4, 0.5) is 0 Å². The second-order valence-electron chi connectivity index (χ2n) is 5.23. The van der Waals surface area contributed by atoms with Crippen molar-refractivity contribution in [2.45, 2.75) is 27.3 Å². The third-order valence-electron chi connectivity index (χ3n) is 3.26. The van der Waals surface area contributed by atoms with E-state index in [-0.39, 0.29) is 24.0 Å². The van der Waals surface area contributed by atoms with Crippen LogP contribution < -0.4 is 20.1 Å². The minimum absolute atomic E-state index is 0. The molecule has 0 aliphatic rings. The molecule has 0 atom stereocenters. The van der Waals surface area contributed by atoms with Crippen LogP contribution in [0.25, 0.3) is 0 Å². The van der Waals surface area contributed by atoms with Crippen molar-refractivity contribution in [2.24, 2.45) is 4.99 Å². The van der Waals surface area contributed by atoms with Gasteiger partial charge in [-0.1, -0.05) is 0 Å². The highest BCUT2D eigenvalue weighted by Gasteiger charge is 2.02. The van der Waals surface area contributed by atoms with Gasteiger partial charge in [-0.25, -0.2) is 9.98 Å². The van der Waals surface area contributed by atoms with Gasteiger partial charge in [-0.15, -0.1) is 24.0 Å². The van der Waals surface area contributed by atoms with Crippen molar-refractivity contribution in [1.29, 1.82) is 0 Å². The van der Waals surface area contributed by atoms with Crippen LogP contribution in [0.15, 0.2) is 47.6 Å². The van der Waals surface area contributed by atoms with Crippen LogP contribution in [0.2, 0.25) is 0 Å². The van der Waals surface area contributed by atoms with Gasteiger partial charge in [-0.2, -0.15) is 0 Å². The zero-order valence-corrected chi connectivity index (χ0v) is 17.8. The van der Waals surface area contributed by atoms with E-state index in [2.05, 4.69) is 20.6 Å². The maximum atomic E-state index is 5.81. The monoisotopic (exact) mass is 470 g/mol. The summed E-state index contributed by atoms with van der Waals surface area (Å²) in [7, 11) is 0. The van der Waals surface area contributed by atoms with Gasteiger partial charge in [0.2, 0.25) is 5.88 Å². The molecule has 26 heavy (non-hydrogen) atoms. The van der Waals surface area contributed by atoms with E-state index in [0.717, 1.165) is 36.1 Å². The molecular weight excluding hydrogens is 443 g/mol. The van der Waals surface area contributed by atoms with Gasteiger partial charge in [0.05, 0.1) is 13.2 Å². The molecule has 2 aromatic rings. The maximum Gasteiger partial charge on any atom is 0.219 e. The molecule has 0 unspecified atom stereocenters. The Balaban J connectivity index is 0.00000338.